The number of amides is 4. The molecule has 1 aromatic carbocycles. The Labute approximate surface area is 375 Å². The first-order valence-electron chi connectivity index (χ1n) is 22.1. The molecule has 0 spiro atoms. The maximum Gasteiger partial charge on any atom is 0.326 e. The maximum absolute atomic E-state index is 13.5. The van der Waals surface area contributed by atoms with Crippen LogP contribution in [0.4, 0.5) is 0 Å². The number of aromatic hydroxyl groups is 1. The predicted octanol–water partition coefficient (Wildman–Crippen LogP) is 2.04. The van der Waals surface area contributed by atoms with Crippen LogP contribution in [-0.2, 0) is 54.4 Å². The number of carbonyl (C=O) groups is 10. The highest BCUT2D eigenvalue weighted by molar-refractivity contribution is 5.96. The lowest BCUT2D eigenvalue weighted by Gasteiger charge is -2.29. The van der Waals surface area contributed by atoms with Crippen LogP contribution in [-0.4, -0.2) is 123 Å². The van der Waals surface area contributed by atoms with Gasteiger partial charge in [0, 0.05) is 52.0 Å². The van der Waals surface area contributed by atoms with E-state index in [2.05, 4.69) is 31.9 Å². The van der Waals surface area contributed by atoms with Crippen LogP contribution in [0.15, 0.2) is 24.3 Å². The number of nitrogens with one attached hydrogen (secondary N) is 6. The van der Waals surface area contributed by atoms with Crippen molar-refractivity contribution >= 4 is 58.7 Å². The number of aliphatic carboxylic acids is 2. The van der Waals surface area contributed by atoms with Gasteiger partial charge in [0.05, 0.1) is 36.6 Å². The van der Waals surface area contributed by atoms with Crippen LogP contribution in [0.1, 0.15) is 131 Å². The number of phenolic OH excluding ortho intramolecular Hbond substituents is 1. The lowest BCUT2D eigenvalue weighted by molar-refractivity contribution is -0.145. The van der Waals surface area contributed by atoms with Gasteiger partial charge in [0.15, 0.2) is 11.6 Å². The van der Waals surface area contributed by atoms with Gasteiger partial charge in [-0.1, -0.05) is 45.7 Å². The third kappa shape index (κ3) is 22.7. The topological polar surface area (TPSA) is 304 Å². The first-order valence-corrected chi connectivity index (χ1v) is 22.1. The van der Waals surface area contributed by atoms with Gasteiger partial charge in [-0.25, -0.2) is 4.79 Å². The first kappa shape index (κ1) is 56.5. The van der Waals surface area contributed by atoms with Crippen molar-refractivity contribution in [2.24, 2.45) is 5.92 Å². The number of unbranched alkanes of at least 4 members (excludes halogenated alkanes) is 2. The summed E-state index contributed by atoms with van der Waals surface area (Å²) in [6, 6.07) is 2.52. The lowest BCUT2D eigenvalue weighted by Crippen LogP contribution is -2.59. The smallest absolute Gasteiger partial charge is 0.326 e. The first-order chi connectivity index (χ1) is 30.1. The molecule has 1 aromatic rings. The number of hydrogen-bond donors (Lipinski definition) is 9. The summed E-state index contributed by atoms with van der Waals surface area (Å²) in [6.45, 7) is 9.39. The van der Waals surface area contributed by atoms with Crippen molar-refractivity contribution in [2.45, 2.75) is 161 Å². The molecular formula is C45H70N6O13. The molecule has 5 atom stereocenters. The van der Waals surface area contributed by atoms with Crippen molar-refractivity contribution in [1.29, 1.82) is 0 Å². The average Bonchev–Trinajstić information content (AvgIpc) is 3.23. The minimum absolute atomic E-state index is 0.0477. The molecule has 0 aliphatic carbocycles. The molecule has 0 aromatic heterocycles. The number of carboxylic acids is 2. The molecule has 0 bridgehead atoms. The standard InChI is InChI=1S/C45H70N6O13/c1-7-10-13-34(48-27-39(57)45(5,6)51-42(60)36(49-28(4)52)24-29-15-18-31(53)19-16-29)38(56)26-47-33(37(55)8-2)14-11-12-23-46-41(59)22-17-30(43(61)62)25-32(54)20-21-35(44(63)64)50-40(58)9-3/h15-16,18-19,30,33-36,47-48,53H,7-14,17,20-27H2,1-6H3,(H,46,59)(H,49,52)(H,50,58)(H,51,60)(H,61,62)(H,63,64)/t30-,33+,34+,35+,36-/m1/s1. The van der Waals surface area contributed by atoms with E-state index in [9.17, 15) is 63.3 Å². The van der Waals surface area contributed by atoms with Gasteiger partial charge in [0.25, 0.3) is 0 Å². The van der Waals surface area contributed by atoms with Gasteiger partial charge in [-0.3, -0.25) is 43.2 Å². The largest absolute Gasteiger partial charge is 0.508 e. The van der Waals surface area contributed by atoms with Crippen LogP contribution in [0.3, 0.4) is 0 Å². The molecule has 0 unspecified atom stereocenters. The Bertz CT molecular complexity index is 1750. The molecule has 9 N–H and O–H groups in total. The van der Waals surface area contributed by atoms with Crippen molar-refractivity contribution in [1.82, 2.24) is 31.9 Å². The summed E-state index contributed by atoms with van der Waals surface area (Å²) in [5.41, 5.74) is -0.700. The normalized spacial score (nSPS) is 13.6. The van der Waals surface area contributed by atoms with Crippen LogP contribution >= 0.6 is 0 Å². The molecule has 4 amide bonds. The van der Waals surface area contributed by atoms with Gasteiger partial charge < -0.3 is 47.2 Å². The Hall–Kier alpha value is -5.56. The van der Waals surface area contributed by atoms with Crippen LogP contribution in [0.25, 0.3) is 0 Å². The van der Waals surface area contributed by atoms with Gasteiger partial charge >= 0.3 is 11.9 Å². The fourth-order valence-electron chi connectivity index (χ4n) is 6.62. The van der Waals surface area contributed by atoms with E-state index in [0.717, 1.165) is 6.42 Å². The van der Waals surface area contributed by atoms with Gasteiger partial charge in [-0.15, -0.1) is 0 Å². The number of Topliss-reactive ketones (excluding diaryl/α,β-unsaturated/α-hetero) is 4. The summed E-state index contributed by atoms with van der Waals surface area (Å²) in [7, 11) is 0. The third-order valence-electron chi connectivity index (χ3n) is 10.7. The third-order valence-corrected chi connectivity index (χ3v) is 10.7. The number of rotatable bonds is 35. The fraction of sp³-hybridized carbons (Fsp3) is 0.644. The Morgan fingerprint density at radius 1 is 0.656 bits per heavy atom. The Morgan fingerprint density at radius 2 is 1.28 bits per heavy atom. The molecule has 0 saturated heterocycles. The molecule has 0 aliphatic heterocycles. The molecule has 0 radical (unpaired) electrons. The van der Waals surface area contributed by atoms with Gasteiger partial charge in [-0.05, 0) is 70.1 Å². The number of ketones is 4. The monoisotopic (exact) mass is 903 g/mol. The van der Waals surface area contributed by atoms with Crippen LogP contribution < -0.4 is 31.9 Å². The van der Waals surface area contributed by atoms with Crippen molar-refractivity contribution < 1.29 is 63.3 Å². The van der Waals surface area contributed by atoms with E-state index in [4.69, 9.17) is 0 Å². The molecule has 358 valence electrons. The van der Waals surface area contributed by atoms with Gasteiger partial charge in [-0.2, -0.15) is 0 Å². The van der Waals surface area contributed by atoms with Crippen molar-refractivity contribution in [3.63, 3.8) is 0 Å². The van der Waals surface area contributed by atoms with E-state index >= 15 is 0 Å². The number of carbonyl (C=O) groups excluding carboxylic acids is 8. The molecule has 19 nitrogen and oxygen atoms in total. The Morgan fingerprint density at radius 3 is 1.86 bits per heavy atom. The average molecular weight is 903 g/mol. The summed E-state index contributed by atoms with van der Waals surface area (Å²) in [5.74, 6) is -6.89. The zero-order valence-corrected chi connectivity index (χ0v) is 38.1. The summed E-state index contributed by atoms with van der Waals surface area (Å²) in [6.07, 6.45) is 2.52. The number of phenols is 1. The SMILES string of the molecule is CCCC[C@H](NCC(=O)C(C)(C)NC(=O)[C@@H](Cc1ccc(O)cc1)NC(C)=O)C(=O)CN[C@@H](CCCCNC(=O)CC[C@H](CC(=O)CC[C@H](NC(=O)CC)C(=O)O)C(=O)O)C(=O)CC. The summed E-state index contributed by atoms with van der Waals surface area (Å²) in [4.78, 5) is 125. The van der Waals surface area contributed by atoms with Crippen LogP contribution in [0, 0.1) is 5.92 Å². The highest BCUT2D eigenvalue weighted by Gasteiger charge is 2.33. The second-order valence-corrected chi connectivity index (χ2v) is 16.5. The van der Waals surface area contributed by atoms with Gasteiger partial charge in [0.1, 0.15) is 29.4 Å². The molecule has 1 rings (SSSR count). The van der Waals surface area contributed by atoms with E-state index in [1.807, 2.05) is 6.92 Å². The van der Waals surface area contributed by atoms with Crippen LogP contribution in [0.2, 0.25) is 0 Å². The molecule has 0 heterocycles. The van der Waals surface area contributed by atoms with Crippen molar-refractivity contribution in [3.05, 3.63) is 29.8 Å². The number of carboxylic acid groups (broad SMARTS) is 2. The van der Waals surface area contributed by atoms with Crippen molar-refractivity contribution in [3.8, 4) is 5.75 Å². The molecular weight excluding hydrogens is 833 g/mol. The Kier molecular flexibility index (Phi) is 26.2. The minimum Gasteiger partial charge on any atom is -0.508 e. The minimum atomic E-state index is -1.38. The van der Waals surface area contributed by atoms with E-state index in [1.165, 1.54) is 32.9 Å². The zero-order valence-electron chi connectivity index (χ0n) is 38.1. The number of hydrogen-bond acceptors (Lipinski definition) is 13. The molecule has 0 aliphatic rings. The molecule has 0 saturated carbocycles. The fourth-order valence-corrected chi connectivity index (χ4v) is 6.62. The second-order valence-electron chi connectivity index (χ2n) is 16.5. The van der Waals surface area contributed by atoms with Gasteiger partial charge in [0.2, 0.25) is 23.6 Å². The molecule has 19 heteroatoms. The molecule has 0 fully saturated rings. The van der Waals surface area contributed by atoms with E-state index < -0.39 is 89.2 Å². The van der Waals surface area contributed by atoms with E-state index in [1.54, 1.807) is 26.0 Å². The molecule has 64 heavy (non-hydrogen) atoms. The van der Waals surface area contributed by atoms with E-state index in [0.29, 0.717) is 37.7 Å². The zero-order chi connectivity index (χ0) is 48.4. The highest BCUT2D eigenvalue weighted by atomic mass is 16.4. The number of benzene rings is 1. The highest BCUT2D eigenvalue weighted by Crippen LogP contribution is 2.16. The Balaban J connectivity index is 2.68. The van der Waals surface area contributed by atoms with Crippen LogP contribution in [0.5, 0.6) is 5.75 Å². The summed E-state index contributed by atoms with van der Waals surface area (Å²) >= 11 is 0. The summed E-state index contributed by atoms with van der Waals surface area (Å²) < 4.78 is 0. The summed E-state index contributed by atoms with van der Waals surface area (Å²) in [5, 5.41) is 44.9. The predicted molar refractivity (Wildman–Crippen MR) is 236 cm³/mol. The van der Waals surface area contributed by atoms with Crippen molar-refractivity contribution in [2.75, 3.05) is 19.6 Å². The van der Waals surface area contributed by atoms with E-state index in [-0.39, 0.29) is 81.9 Å². The second kappa shape index (κ2) is 29.7. The maximum atomic E-state index is 13.5. The quantitative estimate of drug-likeness (QED) is 0.0441. The lowest BCUT2D eigenvalue weighted by atomic mass is 9.94.